The summed E-state index contributed by atoms with van der Waals surface area (Å²) in [5.41, 5.74) is 1.19. The molecule has 1 aliphatic rings. The summed E-state index contributed by atoms with van der Waals surface area (Å²) in [5, 5.41) is 4.56. The van der Waals surface area contributed by atoms with E-state index in [-0.39, 0.29) is 0 Å². The summed E-state index contributed by atoms with van der Waals surface area (Å²) in [6.45, 7) is 7.63. The first-order valence-electron chi connectivity index (χ1n) is 5.55. The second-order valence-electron chi connectivity index (χ2n) is 4.50. The maximum absolute atomic E-state index is 4.56. The molecule has 0 spiro atoms. The van der Waals surface area contributed by atoms with E-state index in [4.69, 9.17) is 0 Å². The molecule has 2 rings (SSSR count). The number of alkyl halides is 1. The second-order valence-corrected chi connectivity index (χ2v) is 5.80. The van der Waals surface area contributed by atoms with Gasteiger partial charge < -0.3 is 0 Å². The molecule has 1 aromatic rings. The zero-order valence-corrected chi connectivity index (χ0v) is 10.9. The SMILES string of the molecule is CC(C)n1ccc(CN2CCC(Br)C2)n1. The lowest BCUT2D eigenvalue weighted by Crippen LogP contribution is -2.20. The van der Waals surface area contributed by atoms with Crippen LogP contribution in [0.25, 0.3) is 0 Å². The molecule has 84 valence electrons. The van der Waals surface area contributed by atoms with E-state index >= 15 is 0 Å². The highest BCUT2D eigenvalue weighted by Gasteiger charge is 2.20. The third-order valence-corrected chi connectivity index (χ3v) is 3.54. The number of rotatable bonds is 3. The normalized spacial score (nSPS) is 22.8. The van der Waals surface area contributed by atoms with Crippen LogP contribution >= 0.6 is 15.9 Å². The topological polar surface area (TPSA) is 21.1 Å². The van der Waals surface area contributed by atoms with E-state index in [1.165, 1.54) is 18.7 Å². The van der Waals surface area contributed by atoms with Gasteiger partial charge in [0.05, 0.1) is 5.69 Å². The molecule has 4 heteroatoms. The minimum atomic E-state index is 0.459. The van der Waals surface area contributed by atoms with Gasteiger partial charge in [-0.05, 0) is 32.9 Å². The summed E-state index contributed by atoms with van der Waals surface area (Å²) in [4.78, 5) is 3.12. The van der Waals surface area contributed by atoms with Gasteiger partial charge in [0, 0.05) is 30.2 Å². The van der Waals surface area contributed by atoms with Crippen LogP contribution in [-0.2, 0) is 6.54 Å². The van der Waals surface area contributed by atoms with Crippen LogP contribution in [-0.4, -0.2) is 32.6 Å². The lowest BCUT2D eigenvalue weighted by molar-refractivity contribution is 0.325. The second kappa shape index (κ2) is 4.66. The van der Waals surface area contributed by atoms with Crippen molar-refractivity contribution in [1.82, 2.24) is 14.7 Å². The molecule has 1 atom stereocenters. The van der Waals surface area contributed by atoms with Gasteiger partial charge in [-0.3, -0.25) is 9.58 Å². The Bertz CT molecular complexity index is 321. The van der Waals surface area contributed by atoms with Crippen molar-refractivity contribution >= 4 is 15.9 Å². The zero-order chi connectivity index (χ0) is 10.8. The van der Waals surface area contributed by atoms with Gasteiger partial charge in [0.2, 0.25) is 0 Å². The number of aromatic nitrogens is 2. The van der Waals surface area contributed by atoms with Crippen molar-refractivity contribution in [2.45, 2.75) is 37.7 Å². The van der Waals surface area contributed by atoms with E-state index in [0.29, 0.717) is 10.9 Å². The van der Waals surface area contributed by atoms with Crippen molar-refractivity contribution in [1.29, 1.82) is 0 Å². The fraction of sp³-hybridized carbons (Fsp3) is 0.727. The Morgan fingerprint density at radius 2 is 2.40 bits per heavy atom. The lowest BCUT2D eigenvalue weighted by Gasteiger charge is -2.12. The van der Waals surface area contributed by atoms with Gasteiger partial charge in [-0.15, -0.1) is 0 Å². The van der Waals surface area contributed by atoms with Crippen LogP contribution in [0.3, 0.4) is 0 Å². The minimum Gasteiger partial charge on any atom is -0.296 e. The number of hydrogen-bond donors (Lipinski definition) is 0. The molecule has 0 aliphatic carbocycles. The average Bonchev–Trinajstić information content (AvgIpc) is 2.76. The number of halogens is 1. The van der Waals surface area contributed by atoms with Crippen LogP contribution in [0, 0.1) is 0 Å². The average molecular weight is 272 g/mol. The Morgan fingerprint density at radius 3 is 2.93 bits per heavy atom. The Morgan fingerprint density at radius 1 is 1.60 bits per heavy atom. The zero-order valence-electron chi connectivity index (χ0n) is 9.36. The van der Waals surface area contributed by atoms with Crippen LogP contribution in [0.1, 0.15) is 32.0 Å². The molecule has 0 N–H and O–H groups in total. The molecule has 0 bridgehead atoms. The Hall–Kier alpha value is -0.350. The molecular weight excluding hydrogens is 254 g/mol. The molecule has 1 aliphatic heterocycles. The van der Waals surface area contributed by atoms with Gasteiger partial charge >= 0.3 is 0 Å². The lowest BCUT2D eigenvalue weighted by atomic mass is 10.4. The fourth-order valence-corrected chi connectivity index (χ4v) is 2.52. The molecule has 0 amide bonds. The molecule has 15 heavy (non-hydrogen) atoms. The van der Waals surface area contributed by atoms with Gasteiger partial charge in [0.25, 0.3) is 0 Å². The van der Waals surface area contributed by atoms with Crippen molar-refractivity contribution in [3.05, 3.63) is 18.0 Å². The molecular formula is C11H18BrN3. The highest BCUT2D eigenvalue weighted by atomic mass is 79.9. The molecule has 1 aromatic heterocycles. The maximum atomic E-state index is 4.56. The first-order valence-corrected chi connectivity index (χ1v) is 6.47. The Balaban J connectivity index is 1.93. The van der Waals surface area contributed by atoms with E-state index in [0.717, 1.165) is 13.1 Å². The fourth-order valence-electron chi connectivity index (χ4n) is 1.91. The molecule has 3 nitrogen and oxygen atoms in total. The third-order valence-electron chi connectivity index (χ3n) is 2.79. The highest BCUT2D eigenvalue weighted by Crippen LogP contribution is 2.18. The monoisotopic (exact) mass is 271 g/mol. The summed E-state index contributed by atoms with van der Waals surface area (Å²) < 4.78 is 2.02. The van der Waals surface area contributed by atoms with Gasteiger partial charge in [-0.2, -0.15) is 5.10 Å². The molecule has 1 unspecified atom stereocenters. The van der Waals surface area contributed by atoms with E-state index in [1.54, 1.807) is 0 Å². The van der Waals surface area contributed by atoms with Crippen LogP contribution in [0.15, 0.2) is 12.3 Å². The van der Waals surface area contributed by atoms with Crippen LogP contribution < -0.4 is 0 Å². The van der Waals surface area contributed by atoms with Crippen LogP contribution in [0.4, 0.5) is 0 Å². The van der Waals surface area contributed by atoms with Crippen LogP contribution in [0.2, 0.25) is 0 Å². The van der Waals surface area contributed by atoms with Crippen molar-refractivity contribution in [2.24, 2.45) is 0 Å². The summed E-state index contributed by atoms with van der Waals surface area (Å²) in [7, 11) is 0. The molecule has 0 aromatic carbocycles. The van der Waals surface area contributed by atoms with Gasteiger partial charge in [-0.1, -0.05) is 15.9 Å². The number of nitrogens with zero attached hydrogens (tertiary/aromatic N) is 3. The largest absolute Gasteiger partial charge is 0.296 e. The molecule has 1 fully saturated rings. The molecule has 0 radical (unpaired) electrons. The summed E-state index contributed by atoms with van der Waals surface area (Å²) >= 11 is 3.65. The quantitative estimate of drug-likeness (QED) is 0.788. The van der Waals surface area contributed by atoms with Crippen molar-refractivity contribution in [3.63, 3.8) is 0 Å². The minimum absolute atomic E-state index is 0.459. The first kappa shape index (κ1) is 11.1. The van der Waals surface area contributed by atoms with E-state index in [9.17, 15) is 0 Å². The van der Waals surface area contributed by atoms with Crippen molar-refractivity contribution in [2.75, 3.05) is 13.1 Å². The number of hydrogen-bond acceptors (Lipinski definition) is 2. The molecule has 1 saturated heterocycles. The summed E-state index contributed by atoms with van der Waals surface area (Å²) in [5.74, 6) is 0. The van der Waals surface area contributed by atoms with E-state index in [2.05, 4.69) is 52.0 Å². The molecule has 0 saturated carbocycles. The third kappa shape index (κ3) is 2.82. The maximum Gasteiger partial charge on any atom is 0.0764 e. The Labute approximate surface area is 99.6 Å². The van der Waals surface area contributed by atoms with Gasteiger partial charge in [-0.25, -0.2) is 0 Å². The van der Waals surface area contributed by atoms with Crippen molar-refractivity contribution in [3.8, 4) is 0 Å². The highest BCUT2D eigenvalue weighted by molar-refractivity contribution is 9.09. The smallest absolute Gasteiger partial charge is 0.0764 e. The Kier molecular flexibility index (Phi) is 3.46. The van der Waals surface area contributed by atoms with Gasteiger partial charge in [0.1, 0.15) is 0 Å². The summed E-state index contributed by atoms with van der Waals surface area (Å²) in [6.07, 6.45) is 3.33. The summed E-state index contributed by atoms with van der Waals surface area (Å²) in [6, 6.07) is 2.59. The van der Waals surface area contributed by atoms with E-state index in [1.807, 2.05) is 4.68 Å². The number of likely N-dealkylation sites (tertiary alicyclic amines) is 1. The van der Waals surface area contributed by atoms with Crippen LogP contribution in [0.5, 0.6) is 0 Å². The van der Waals surface area contributed by atoms with E-state index < -0.39 is 0 Å². The standard InChI is InChI=1S/C11H18BrN3/c1-9(2)15-6-4-11(13-15)8-14-5-3-10(12)7-14/h4,6,9-10H,3,5,7-8H2,1-2H3. The predicted molar refractivity (Wildman–Crippen MR) is 65.2 cm³/mol. The van der Waals surface area contributed by atoms with Gasteiger partial charge in [0.15, 0.2) is 0 Å². The predicted octanol–water partition coefficient (Wildman–Crippen LogP) is 2.43. The van der Waals surface area contributed by atoms with Crippen molar-refractivity contribution < 1.29 is 0 Å². The molecule has 2 heterocycles. The first-order chi connectivity index (χ1) is 7.15.